The number of allylic oxidation sites excluding steroid dienone is 2. The first-order valence-electron chi connectivity index (χ1n) is 4.52. The van der Waals surface area contributed by atoms with Crippen molar-refractivity contribution in [2.75, 3.05) is 12.4 Å². The molecule has 0 aromatic rings. The van der Waals surface area contributed by atoms with Gasteiger partial charge in [0, 0.05) is 12.4 Å². The van der Waals surface area contributed by atoms with E-state index in [1.54, 1.807) is 7.11 Å². The highest BCUT2D eigenvalue weighted by atomic mass is 79.9. The van der Waals surface area contributed by atoms with Crippen molar-refractivity contribution < 1.29 is 4.74 Å². The highest BCUT2D eigenvalue weighted by molar-refractivity contribution is 9.09. The second kappa shape index (κ2) is 7.34. The first-order chi connectivity index (χ1) is 6.13. The Labute approximate surface area is 90.0 Å². The van der Waals surface area contributed by atoms with Crippen LogP contribution in [0.25, 0.3) is 0 Å². The van der Waals surface area contributed by atoms with Crippen LogP contribution >= 0.6 is 15.9 Å². The average Bonchev–Trinajstić information content (AvgIpc) is 2.13. The van der Waals surface area contributed by atoms with Gasteiger partial charge in [0.15, 0.2) is 0 Å². The summed E-state index contributed by atoms with van der Waals surface area (Å²) in [5, 5.41) is 0.947. The van der Waals surface area contributed by atoms with Crippen LogP contribution in [-0.4, -0.2) is 18.5 Å². The van der Waals surface area contributed by atoms with Crippen molar-refractivity contribution in [1.29, 1.82) is 0 Å². The SMILES string of the molecule is C=C[C@@H](C[C@H](C)/C=C(/C)CBr)OC. The monoisotopic (exact) mass is 246 g/mol. The van der Waals surface area contributed by atoms with Gasteiger partial charge >= 0.3 is 0 Å². The molecular weight excluding hydrogens is 228 g/mol. The van der Waals surface area contributed by atoms with Crippen molar-refractivity contribution in [3.05, 3.63) is 24.3 Å². The fourth-order valence-corrected chi connectivity index (χ4v) is 1.44. The molecule has 0 unspecified atom stereocenters. The molecule has 0 N–H and O–H groups in total. The van der Waals surface area contributed by atoms with Gasteiger partial charge in [0.1, 0.15) is 0 Å². The molecule has 0 amide bonds. The molecule has 1 nitrogen and oxygen atoms in total. The van der Waals surface area contributed by atoms with E-state index in [0.717, 1.165) is 11.8 Å². The zero-order valence-electron chi connectivity index (χ0n) is 8.72. The van der Waals surface area contributed by atoms with Crippen molar-refractivity contribution in [3.8, 4) is 0 Å². The van der Waals surface area contributed by atoms with Gasteiger partial charge in [-0.3, -0.25) is 0 Å². The lowest BCUT2D eigenvalue weighted by atomic mass is 10.0. The predicted octanol–water partition coefficient (Wildman–Crippen LogP) is 3.55. The Hall–Kier alpha value is -0.0800. The lowest BCUT2D eigenvalue weighted by Crippen LogP contribution is -2.10. The Balaban J connectivity index is 3.98. The van der Waals surface area contributed by atoms with Crippen molar-refractivity contribution >= 4 is 15.9 Å². The molecule has 0 aliphatic carbocycles. The summed E-state index contributed by atoms with van der Waals surface area (Å²) in [4.78, 5) is 0. The van der Waals surface area contributed by atoms with Gasteiger partial charge in [0.2, 0.25) is 0 Å². The minimum Gasteiger partial charge on any atom is -0.377 e. The molecule has 0 saturated carbocycles. The van der Waals surface area contributed by atoms with Crippen molar-refractivity contribution in [2.24, 2.45) is 5.92 Å². The molecule has 0 heterocycles. The molecule has 13 heavy (non-hydrogen) atoms. The molecule has 0 rings (SSSR count). The van der Waals surface area contributed by atoms with Crippen molar-refractivity contribution in [1.82, 2.24) is 0 Å². The third-order valence-corrected chi connectivity index (χ3v) is 2.83. The lowest BCUT2D eigenvalue weighted by molar-refractivity contribution is 0.125. The van der Waals surface area contributed by atoms with Crippen molar-refractivity contribution in [3.63, 3.8) is 0 Å². The summed E-state index contributed by atoms with van der Waals surface area (Å²) in [5.41, 5.74) is 1.37. The van der Waals surface area contributed by atoms with E-state index in [9.17, 15) is 0 Å². The summed E-state index contributed by atoms with van der Waals surface area (Å²) < 4.78 is 5.23. The van der Waals surface area contributed by atoms with Crippen LogP contribution < -0.4 is 0 Å². The molecule has 0 spiro atoms. The summed E-state index contributed by atoms with van der Waals surface area (Å²) in [7, 11) is 1.72. The highest BCUT2D eigenvalue weighted by Crippen LogP contribution is 2.13. The van der Waals surface area contributed by atoms with Gasteiger partial charge in [0.05, 0.1) is 6.10 Å². The number of rotatable bonds is 6. The van der Waals surface area contributed by atoms with E-state index in [1.807, 2.05) is 6.08 Å². The zero-order valence-corrected chi connectivity index (χ0v) is 10.3. The van der Waals surface area contributed by atoms with Gasteiger partial charge < -0.3 is 4.74 Å². The number of alkyl halides is 1. The number of hydrogen-bond donors (Lipinski definition) is 0. The van der Waals surface area contributed by atoms with E-state index in [2.05, 4.69) is 42.4 Å². The summed E-state index contributed by atoms with van der Waals surface area (Å²) in [6.07, 6.45) is 5.30. The Morgan fingerprint density at radius 2 is 2.23 bits per heavy atom. The Bertz CT molecular complexity index is 175. The molecule has 0 aliphatic heterocycles. The molecule has 0 fully saturated rings. The summed E-state index contributed by atoms with van der Waals surface area (Å²) >= 11 is 3.42. The van der Waals surface area contributed by atoms with Gasteiger partial charge in [-0.2, -0.15) is 0 Å². The summed E-state index contributed by atoms with van der Waals surface area (Å²) in [6.45, 7) is 8.05. The van der Waals surface area contributed by atoms with Crippen LogP contribution in [0, 0.1) is 5.92 Å². The molecule has 76 valence electrons. The van der Waals surface area contributed by atoms with E-state index in [-0.39, 0.29) is 6.10 Å². The maximum Gasteiger partial charge on any atom is 0.0754 e. The molecule has 0 aliphatic rings. The molecule has 0 radical (unpaired) electrons. The first kappa shape index (κ1) is 12.9. The molecule has 0 bridgehead atoms. The van der Waals surface area contributed by atoms with E-state index in [4.69, 9.17) is 4.74 Å². The highest BCUT2D eigenvalue weighted by Gasteiger charge is 2.06. The smallest absolute Gasteiger partial charge is 0.0754 e. The minimum atomic E-state index is 0.175. The second-order valence-electron chi connectivity index (χ2n) is 3.37. The maximum absolute atomic E-state index is 5.23. The fourth-order valence-electron chi connectivity index (χ4n) is 1.25. The Kier molecular flexibility index (Phi) is 7.29. The third-order valence-electron chi connectivity index (χ3n) is 1.95. The van der Waals surface area contributed by atoms with Crippen LogP contribution in [0.2, 0.25) is 0 Å². The van der Waals surface area contributed by atoms with Crippen LogP contribution in [-0.2, 0) is 4.74 Å². The van der Waals surface area contributed by atoms with Crippen molar-refractivity contribution in [2.45, 2.75) is 26.4 Å². The van der Waals surface area contributed by atoms with E-state index in [0.29, 0.717) is 5.92 Å². The number of methoxy groups -OCH3 is 1. The predicted molar refractivity (Wildman–Crippen MR) is 62.3 cm³/mol. The maximum atomic E-state index is 5.23. The Morgan fingerprint density at radius 1 is 1.62 bits per heavy atom. The molecule has 2 atom stereocenters. The topological polar surface area (TPSA) is 9.23 Å². The fraction of sp³-hybridized carbons (Fsp3) is 0.636. The van der Waals surface area contributed by atoms with Gasteiger partial charge in [-0.05, 0) is 19.3 Å². The van der Waals surface area contributed by atoms with Crippen LogP contribution in [0.3, 0.4) is 0 Å². The number of halogens is 1. The minimum absolute atomic E-state index is 0.175. The zero-order chi connectivity index (χ0) is 10.3. The average molecular weight is 247 g/mol. The largest absolute Gasteiger partial charge is 0.377 e. The van der Waals surface area contributed by atoms with E-state index >= 15 is 0 Å². The first-order valence-corrected chi connectivity index (χ1v) is 5.64. The van der Waals surface area contributed by atoms with Gasteiger partial charge in [-0.25, -0.2) is 0 Å². The molecule has 2 heteroatoms. The van der Waals surface area contributed by atoms with Crippen LogP contribution in [0.5, 0.6) is 0 Å². The van der Waals surface area contributed by atoms with Gasteiger partial charge in [0.25, 0.3) is 0 Å². The van der Waals surface area contributed by atoms with Gasteiger partial charge in [-0.1, -0.05) is 40.6 Å². The summed E-state index contributed by atoms with van der Waals surface area (Å²) in [6, 6.07) is 0. The van der Waals surface area contributed by atoms with Gasteiger partial charge in [-0.15, -0.1) is 6.58 Å². The molecule has 0 aromatic carbocycles. The van der Waals surface area contributed by atoms with Crippen LogP contribution in [0.1, 0.15) is 20.3 Å². The van der Waals surface area contributed by atoms with Crippen LogP contribution in [0.4, 0.5) is 0 Å². The Morgan fingerprint density at radius 3 is 2.62 bits per heavy atom. The standard InChI is InChI=1S/C11H19BrO/c1-5-11(13-4)7-9(2)6-10(3)8-12/h5-6,9,11H,1,7-8H2,2-4H3/b10-6-/t9-,11+/m1/s1. The molecule has 0 aromatic heterocycles. The normalized spacial score (nSPS) is 16.8. The third kappa shape index (κ3) is 6.05. The lowest BCUT2D eigenvalue weighted by Gasteiger charge is -2.14. The molecular formula is C11H19BrO. The summed E-state index contributed by atoms with van der Waals surface area (Å²) in [5.74, 6) is 0.542. The van der Waals surface area contributed by atoms with E-state index < -0.39 is 0 Å². The molecule has 0 saturated heterocycles. The number of ether oxygens (including phenoxy) is 1. The number of hydrogen-bond acceptors (Lipinski definition) is 1. The van der Waals surface area contributed by atoms with Crippen LogP contribution in [0.15, 0.2) is 24.3 Å². The van der Waals surface area contributed by atoms with E-state index in [1.165, 1.54) is 5.57 Å². The second-order valence-corrected chi connectivity index (χ2v) is 3.93. The quantitative estimate of drug-likeness (QED) is 0.515.